The van der Waals surface area contributed by atoms with Gasteiger partial charge in [0.25, 0.3) is 5.91 Å². The monoisotopic (exact) mass is 477 g/mol. The van der Waals surface area contributed by atoms with Crippen LogP contribution >= 0.6 is 0 Å². The fraction of sp³-hybridized carbons (Fsp3) is 0.208. The van der Waals surface area contributed by atoms with Gasteiger partial charge in [-0.3, -0.25) is 9.48 Å². The fourth-order valence-electron chi connectivity index (χ4n) is 3.58. The van der Waals surface area contributed by atoms with E-state index in [1.165, 1.54) is 13.3 Å². The van der Waals surface area contributed by atoms with Crippen LogP contribution in [-0.2, 0) is 0 Å². The van der Waals surface area contributed by atoms with E-state index in [-0.39, 0.29) is 17.1 Å². The van der Waals surface area contributed by atoms with Crippen LogP contribution < -0.4 is 20.7 Å². The van der Waals surface area contributed by atoms with Crippen LogP contribution in [0.3, 0.4) is 0 Å². The number of aromatic nitrogens is 5. The molecule has 1 aliphatic carbocycles. The van der Waals surface area contributed by atoms with Crippen LogP contribution in [0.1, 0.15) is 33.4 Å². The molecule has 0 saturated heterocycles. The molecular weight excluding hydrogens is 451 g/mol. The zero-order chi connectivity index (χ0) is 26.9. The number of para-hydroxylation sites is 1. The number of nitrogens with zero attached hydrogens (tertiary/aromatic N) is 5. The van der Waals surface area contributed by atoms with Gasteiger partial charge < -0.3 is 20.7 Å². The van der Waals surface area contributed by atoms with Gasteiger partial charge in [0, 0.05) is 35.6 Å². The first kappa shape index (κ1) is 18.8. The van der Waals surface area contributed by atoms with E-state index in [0.717, 1.165) is 25.2 Å². The Morgan fingerprint density at radius 1 is 1.11 bits per heavy atom. The molecule has 0 unspecified atom stereocenters. The Hall–Kier alpha value is -4.54. The molecule has 10 nitrogen and oxygen atoms in total. The lowest BCUT2D eigenvalue weighted by Crippen LogP contribution is -2.19. The quantitative estimate of drug-likeness (QED) is 0.348. The van der Waals surface area contributed by atoms with Gasteiger partial charge in [0.1, 0.15) is 5.82 Å². The Balaban J connectivity index is 1.50. The van der Waals surface area contributed by atoms with Gasteiger partial charge in [0.2, 0.25) is 0 Å². The summed E-state index contributed by atoms with van der Waals surface area (Å²) in [5.74, 6) is 0.0812. The van der Waals surface area contributed by atoms with Crippen LogP contribution in [0.5, 0.6) is 5.75 Å². The molecular formula is C24H23FN8O2. The van der Waals surface area contributed by atoms with Gasteiger partial charge in [-0.05, 0) is 25.0 Å². The van der Waals surface area contributed by atoms with Crippen molar-refractivity contribution >= 4 is 28.9 Å². The first-order valence-corrected chi connectivity index (χ1v) is 10.8. The molecule has 3 aromatic heterocycles. The number of nitrogens with one attached hydrogen (secondary N) is 3. The molecule has 0 bridgehead atoms. The summed E-state index contributed by atoms with van der Waals surface area (Å²) >= 11 is 0. The van der Waals surface area contributed by atoms with Crippen molar-refractivity contribution in [3.05, 3.63) is 66.5 Å². The number of hydrogen-bond acceptors (Lipinski definition) is 8. The van der Waals surface area contributed by atoms with E-state index in [9.17, 15) is 9.18 Å². The Morgan fingerprint density at radius 2 is 1.94 bits per heavy atom. The molecule has 11 heteroatoms. The van der Waals surface area contributed by atoms with E-state index in [2.05, 4.69) is 30.7 Å². The zero-order valence-corrected chi connectivity index (χ0v) is 18.6. The van der Waals surface area contributed by atoms with E-state index in [1.54, 1.807) is 24.3 Å². The second-order valence-electron chi connectivity index (χ2n) is 7.84. The van der Waals surface area contributed by atoms with Crippen molar-refractivity contribution in [3.8, 4) is 17.1 Å². The number of amides is 1. The summed E-state index contributed by atoms with van der Waals surface area (Å²) in [6.45, 7) is -2.70. The maximum Gasteiger partial charge on any atom is 0.254 e. The number of pyridine rings is 1. The molecule has 3 N–H and O–H groups in total. The van der Waals surface area contributed by atoms with Gasteiger partial charge in [-0.25, -0.2) is 19.3 Å². The summed E-state index contributed by atoms with van der Waals surface area (Å²) in [4.78, 5) is 25.2. The molecule has 0 radical (unpaired) electrons. The molecule has 1 fully saturated rings. The van der Waals surface area contributed by atoms with Gasteiger partial charge in [-0.15, -0.1) is 0 Å². The molecule has 1 amide bonds. The third-order valence-corrected chi connectivity index (χ3v) is 5.40. The fourth-order valence-corrected chi connectivity index (χ4v) is 3.58. The summed E-state index contributed by atoms with van der Waals surface area (Å²) in [6, 6.07) is 8.89. The number of hydrogen-bond donors (Lipinski definition) is 3. The smallest absolute Gasteiger partial charge is 0.254 e. The largest absolute Gasteiger partial charge is 0.494 e. The highest BCUT2D eigenvalue weighted by Gasteiger charge is 2.24. The molecule has 3 heterocycles. The number of ether oxygens (including phenoxy) is 1. The molecule has 1 aliphatic rings. The number of benzene rings is 1. The SMILES string of the molecule is [2H]C([2H])([2H])NC(=O)c1cnc(Nc2ccn(C3CC3)n2)cc1Nc1cccc(-c2ncc(F)cn2)c1OC. The predicted octanol–water partition coefficient (Wildman–Crippen LogP) is 4.06. The maximum atomic E-state index is 13.4. The van der Waals surface area contributed by atoms with Gasteiger partial charge in [0.05, 0.1) is 48.0 Å². The molecule has 0 aliphatic heterocycles. The summed E-state index contributed by atoms with van der Waals surface area (Å²) in [5.41, 5.74) is 1.14. The molecule has 0 atom stereocenters. The third-order valence-electron chi connectivity index (χ3n) is 5.40. The Morgan fingerprint density at radius 3 is 2.69 bits per heavy atom. The van der Waals surface area contributed by atoms with Crippen molar-refractivity contribution in [2.75, 3.05) is 24.7 Å². The lowest BCUT2D eigenvalue weighted by molar-refractivity contribution is 0.0963. The summed E-state index contributed by atoms with van der Waals surface area (Å²) in [5, 5.41) is 12.7. The Bertz CT molecular complexity index is 1470. The van der Waals surface area contributed by atoms with Crippen LogP contribution in [0.4, 0.5) is 27.4 Å². The molecule has 0 spiro atoms. The minimum atomic E-state index is -2.70. The number of carbonyl (C=O) groups is 1. The maximum absolute atomic E-state index is 13.4. The van der Waals surface area contributed by atoms with Crippen LogP contribution in [0.2, 0.25) is 0 Å². The highest BCUT2D eigenvalue weighted by molar-refractivity contribution is 6.00. The average Bonchev–Trinajstić information content (AvgIpc) is 3.62. The first-order valence-electron chi connectivity index (χ1n) is 12.3. The van der Waals surface area contributed by atoms with Crippen molar-refractivity contribution < 1.29 is 18.0 Å². The zero-order valence-electron chi connectivity index (χ0n) is 21.6. The highest BCUT2D eigenvalue weighted by Crippen LogP contribution is 2.38. The van der Waals surface area contributed by atoms with Gasteiger partial charge in [-0.1, -0.05) is 6.07 Å². The van der Waals surface area contributed by atoms with Crippen LogP contribution in [-0.4, -0.2) is 44.7 Å². The first-order chi connectivity index (χ1) is 18.2. The minimum Gasteiger partial charge on any atom is -0.494 e. The van der Waals surface area contributed by atoms with Crippen molar-refractivity contribution in [1.29, 1.82) is 0 Å². The van der Waals surface area contributed by atoms with Crippen LogP contribution in [0.25, 0.3) is 11.4 Å². The Labute approximate surface area is 204 Å². The van der Waals surface area contributed by atoms with Crippen molar-refractivity contribution in [1.82, 2.24) is 30.0 Å². The second kappa shape index (κ2) is 9.37. The van der Waals surface area contributed by atoms with E-state index < -0.39 is 18.7 Å². The van der Waals surface area contributed by atoms with Crippen LogP contribution in [0.15, 0.2) is 55.1 Å². The normalized spacial score (nSPS) is 14.4. The molecule has 5 rings (SSSR count). The number of methoxy groups -OCH3 is 1. The summed E-state index contributed by atoms with van der Waals surface area (Å²) in [7, 11) is 1.45. The number of carbonyl (C=O) groups excluding carboxylic acids is 1. The number of halogens is 1. The second-order valence-corrected chi connectivity index (χ2v) is 7.84. The highest BCUT2D eigenvalue weighted by atomic mass is 19.1. The molecule has 4 aromatic rings. The number of rotatable bonds is 8. The Kier molecular flexibility index (Phi) is 5.04. The predicted molar refractivity (Wildman–Crippen MR) is 129 cm³/mol. The van der Waals surface area contributed by atoms with Crippen molar-refractivity contribution in [2.45, 2.75) is 18.9 Å². The standard InChI is InChI=1S/C24H23FN8O2/c1-26-24(34)17-13-27-21(31-20-8-9-33(32-20)15-6-7-15)10-19(17)30-18-5-3-4-16(22(18)35-2)23-28-11-14(25)12-29-23/h3-5,8-13,15H,6-7H2,1-2H3,(H,26,34)(H2,27,30,31,32)/i1D3. The van der Waals surface area contributed by atoms with E-state index in [0.29, 0.717) is 34.7 Å². The van der Waals surface area contributed by atoms with Gasteiger partial charge >= 0.3 is 0 Å². The molecule has 35 heavy (non-hydrogen) atoms. The van der Waals surface area contributed by atoms with Gasteiger partial charge in [-0.2, -0.15) is 5.10 Å². The van der Waals surface area contributed by atoms with Crippen molar-refractivity contribution in [3.63, 3.8) is 0 Å². The van der Waals surface area contributed by atoms with Crippen LogP contribution in [0, 0.1) is 5.82 Å². The lowest BCUT2D eigenvalue weighted by Gasteiger charge is -2.17. The summed E-state index contributed by atoms with van der Waals surface area (Å²) in [6.07, 6.45) is 7.42. The van der Waals surface area contributed by atoms with E-state index in [4.69, 9.17) is 8.85 Å². The molecule has 1 aromatic carbocycles. The molecule has 1 saturated carbocycles. The van der Waals surface area contributed by atoms with E-state index in [1.807, 2.05) is 22.3 Å². The molecule has 178 valence electrons. The topological polar surface area (TPSA) is 119 Å². The van der Waals surface area contributed by atoms with Gasteiger partial charge in [0.15, 0.2) is 23.2 Å². The van der Waals surface area contributed by atoms with Crippen molar-refractivity contribution in [2.24, 2.45) is 0 Å². The van der Waals surface area contributed by atoms with E-state index >= 15 is 0 Å². The third kappa shape index (κ3) is 4.74. The summed E-state index contributed by atoms with van der Waals surface area (Å²) < 4.78 is 43.1. The lowest BCUT2D eigenvalue weighted by atomic mass is 10.1. The average molecular weight is 478 g/mol. The number of anilines is 4. The minimum absolute atomic E-state index is 0.0133.